The fourth-order valence-electron chi connectivity index (χ4n) is 2.61. The van der Waals surface area contributed by atoms with E-state index in [0.717, 1.165) is 0 Å². The summed E-state index contributed by atoms with van der Waals surface area (Å²) >= 11 is 0. The highest BCUT2D eigenvalue weighted by Gasteiger charge is 2.71. The molecule has 1 N–H and O–H groups in total. The van der Waals surface area contributed by atoms with Gasteiger partial charge in [0.15, 0.2) is 9.84 Å². The maximum Gasteiger partial charge on any atom is 0.155 e. The zero-order chi connectivity index (χ0) is 14.3. The van der Waals surface area contributed by atoms with Gasteiger partial charge < -0.3 is 5.11 Å². The summed E-state index contributed by atoms with van der Waals surface area (Å²) < 4.78 is 36.9. The van der Waals surface area contributed by atoms with E-state index < -0.39 is 38.8 Å². The van der Waals surface area contributed by atoms with Crippen molar-refractivity contribution in [1.82, 2.24) is 0 Å². The number of nitriles is 1. The average molecular weight is 283 g/mol. The van der Waals surface area contributed by atoms with E-state index in [9.17, 15) is 23.2 Å². The number of sulfone groups is 1. The second kappa shape index (κ2) is 4.58. The molecule has 0 heterocycles. The minimum atomic E-state index is -3.44. The summed E-state index contributed by atoms with van der Waals surface area (Å²) in [6.45, 7) is 0.990. The lowest BCUT2D eigenvalue weighted by Crippen LogP contribution is -2.19. The summed E-state index contributed by atoms with van der Waals surface area (Å²) in [6, 6.07) is 7.31. The third-order valence-corrected chi connectivity index (χ3v) is 6.02. The van der Waals surface area contributed by atoms with Gasteiger partial charge in [-0.2, -0.15) is 5.26 Å². The van der Waals surface area contributed by atoms with Crippen LogP contribution < -0.4 is 0 Å². The van der Waals surface area contributed by atoms with E-state index in [1.807, 2.05) is 6.07 Å². The Balaban J connectivity index is 2.46. The van der Waals surface area contributed by atoms with E-state index >= 15 is 0 Å². The van der Waals surface area contributed by atoms with Crippen LogP contribution in [-0.2, 0) is 9.84 Å². The molecule has 0 amide bonds. The Kier molecular flexibility index (Phi) is 3.37. The number of hydrogen-bond acceptors (Lipinski definition) is 4. The molecule has 1 aromatic rings. The zero-order valence-electron chi connectivity index (χ0n) is 10.4. The molecule has 0 aliphatic heterocycles. The molecule has 1 aliphatic rings. The van der Waals surface area contributed by atoms with Crippen molar-refractivity contribution in [3.63, 3.8) is 0 Å². The van der Waals surface area contributed by atoms with Crippen LogP contribution in [0, 0.1) is 22.6 Å². The topological polar surface area (TPSA) is 78.2 Å². The Hall–Kier alpha value is -1.45. The fourth-order valence-corrected chi connectivity index (χ4v) is 4.62. The highest BCUT2D eigenvalue weighted by molar-refractivity contribution is 7.92. The SMILES string of the molecule is CCS(=O)(=O)[C@@H]1[C@@H](c2ccc(F)cc2)[C@@]1(C#N)CO. The molecule has 102 valence electrons. The fraction of sp³-hybridized carbons (Fsp3) is 0.462. The second-order valence-corrected chi connectivity index (χ2v) is 7.12. The van der Waals surface area contributed by atoms with Gasteiger partial charge in [0.1, 0.15) is 11.2 Å². The molecule has 4 nitrogen and oxygen atoms in total. The van der Waals surface area contributed by atoms with Crippen LogP contribution in [0.15, 0.2) is 24.3 Å². The van der Waals surface area contributed by atoms with E-state index in [4.69, 9.17) is 0 Å². The second-order valence-electron chi connectivity index (χ2n) is 4.71. The van der Waals surface area contributed by atoms with E-state index in [2.05, 4.69) is 0 Å². The molecule has 1 saturated carbocycles. The summed E-state index contributed by atoms with van der Waals surface area (Å²) in [5, 5.41) is 17.7. The third-order valence-electron chi connectivity index (χ3n) is 3.74. The molecule has 0 saturated heterocycles. The lowest BCUT2D eigenvalue weighted by Gasteiger charge is -2.03. The predicted octanol–water partition coefficient (Wildman–Crippen LogP) is 1.23. The monoisotopic (exact) mass is 283 g/mol. The van der Waals surface area contributed by atoms with Gasteiger partial charge in [-0.15, -0.1) is 0 Å². The van der Waals surface area contributed by atoms with Crippen molar-refractivity contribution in [3.8, 4) is 6.07 Å². The van der Waals surface area contributed by atoms with E-state index in [-0.39, 0.29) is 5.75 Å². The van der Waals surface area contributed by atoms with Crippen LogP contribution in [-0.4, -0.2) is 31.1 Å². The van der Waals surface area contributed by atoms with Crippen LogP contribution in [0.4, 0.5) is 4.39 Å². The number of nitrogens with zero attached hydrogens (tertiary/aromatic N) is 1. The molecule has 0 radical (unpaired) electrons. The summed E-state index contributed by atoms with van der Waals surface area (Å²) in [5.41, 5.74) is -0.730. The van der Waals surface area contributed by atoms with Gasteiger partial charge in [-0.1, -0.05) is 19.1 Å². The van der Waals surface area contributed by atoms with Gasteiger partial charge in [-0.05, 0) is 17.7 Å². The van der Waals surface area contributed by atoms with Gasteiger partial charge >= 0.3 is 0 Å². The molecule has 6 heteroatoms. The van der Waals surface area contributed by atoms with Crippen LogP contribution >= 0.6 is 0 Å². The van der Waals surface area contributed by atoms with Gasteiger partial charge in [0.25, 0.3) is 0 Å². The Morgan fingerprint density at radius 2 is 2.00 bits per heavy atom. The summed E-state index contributed by atoms with van der Waals surface area (Å²) in [6.07, 6.45) is 0. The quantitative estimate of drug-likeness (QED) is 0.901. The van der Waals surface area contributed by atoms with Crippen LogP contribution in [0.25, 0.3) is 0 Å². The van der Waals surface area contributed by atoms with Crippen molar-refractivity contribution < 1.29 is 17.9 Å². The number of halogens is 1. The summed E-state index contributed by atoms with van der Waals surface area (Å²) in [7, 11) is -3.44. The molecule has 0 unspecified atom stereocenters. The van der Waals surface area contributed by atoms with Crippen molar-refractivity contribution in [1.29, 1.82) is 5.26 Å². The van der Waals surface area contributed by atoms with Crippen LogP contribution in [0.2, 0.25) is 0 Å². The predicted molar refractivity (Wildman–Crippen MR) is 67.5 cm³/mol. The van der Waals surface area contributed by atoms with Crippen molar-refractivity contribution in [3.05, 3.63) is 35.6 Å². The molecule has 19 heavy (non-hydrogen) atoms. The summed E-state index contributed by atoms with van der Waals surface area (Å²) in [5.74, 6) is -1.10. The molecule has 0 bridgehead atoms. The van der Waals surface area contributed by atoms with Gasteiger partial charge in [0, 0.05) is 11.7 Å². The molecule has 2 rings (SSSR count). The lowest BCUT2D eigenvalue weighted by atomic mass is 10.0. The number of aliphatic hydroxyl groups excluding tert-OH is 1. The molecule has 0 aromatic heterocycles. The molecule has 1 aliphatic carbocycles. The molecular formula is C13H14FNO3S. The van der Waals surface area contributed by atoms with Crippen molar-refractivity contribution in [2.75, 3.05) is 12.4 Å². The number of benzene rings is 1. The molecule has 3 atom stereocenters. The lowest BCUT2D eigenvalue weighted by molar-refractivity contribution is 0.242. The van der Waals surface area contributed by atoms with Gasteiger partial charge in [-0.3, -0.25) is 0 Å². The number of aliphatic hydroxyl groups is 1. The first kappa shape index (κ1) is 14.0. The standard InChI is InChI=1S/C13H14FNO3S/c1-2-19(17,18)12-11(13(12,7-15)8-16)9-3-5-10(14)6-4-9/h3-6,11-12,16H,2,8H2,1H3/t11-,12-,13-/m1/s1. The average Bonchev–Trinajstić information content (AvgIpc) is 3.10. The minimum absolute atomic E-state index is 0.0845. The van der Waals surface area contributed by atoms with E-state index in [0.29, 0.717) is 5.56 Å². The third kappa shape index (κ3) is 2.03. The first-order valence-electron chi connectivity index (χ1n) is 5.92. The number of rotatable bonds is 4. The highest BCUT2D eigenvalue weighted by Crippen LogP contribution is 2.62. The van der Waals surface area contributed by atoms with Crippen molar-refractivity contribution >= 4 is 9.84 Å². The maximum atomic E-state index is 12.9. The van der Waals surface area contributed by atoms with Gasteiger partial charge in [0.2, 0.25) is 0 Å². The number of hydrogen-bond donors (Lipinski definition) is 1. The van der Waals surface area contributed by atoms with E-state index in [1.54, 1.807) is 0 Å². The van der Waals surface area contributed by atoms with Crippen LogP contribution in [0.1, 0.15) is 18.4 Å². The highest BCUT2D eigenvalue weighted by atomic mass is 32.2. The van der Waals surface area contributed by atoms with Crippen LogP contribution in [0.3, 0.4) is 0 Å². The molecule has 1 aromatic carbocycles. The normalized spacial score (nSPS) is 29.8. The largest absolute Gasteiger partial charge is 0.395 e. The van der Waals surface area contributed by atoms with Crippen molar-refractivity contribution in [2.45, 2.75) is 18.1 Å². The smallest absolute Gasteiger partial charge is 0.155 e. The molecule has 0 spiro atoms. The van der Waals surface area contributed by atoms with Crippen molar-refractivity contribution in [2.24, 2.45) is 5.41 Å². The maximum absolute atomic E-state index is 12.9. The van der Waals surface area contributed by atoms with Gasteiger partial charge in [0.05, 0.1) is 17.9 Å². The van der Waals surface area contributed by atoms with Gasteiger partial charge in [-0.25, -0.2) is 12.8 Å². The first-order chi connectivity index (χ1) is 8.93. The minimum Gasteiger partial charge on any atom is -0.395 e. The van der Waals surface area contributed by atoms with E-state index in [1.165, 1.54) is 31.2 Å². The Labute approximate surface area is 111 Å². The first-order valence-corrected chi connectivity index (χ1v) is 7.63. The van der Waals surface area contributed by atoms with Crippen LogP contribution in [0.5, 0.6) is 0 Å². The zero-order valence-corrected chi connectivity index (χ0v) is 11.2. The Morgan fingerprint density at radius 1 is 1.42 bits per heavy atom. The Morgan fingerprint density at radius 3 is 2.42 bits per heavy atom. The molecular weight excluding hydrogens is 269 g/mol. The molecule has 1 fully saturated rings. The summed E-state index contributed by atoms with van der Waals surface area (Å²) in [4.78, 5) is 0. The Bertz CT molecular complexity index is 620.